The molecule has 0 aromatic carbocycles. The Labute approximate surface area is 119 Å². The molecule has 0 spiro atoms. The number of nitrogens with zero attached hydrogens (tertiary/aromatic N) is 2. The molecular weight excluding hydrogens is 234 g/mol. The van der Waals surface area contributed by atoms with Gasteiger partial charge in [0.25, 0.3) is 0 Å². The summed E-state index contributed by atoms with van der Waals surface area (Å²) in [5.41, 5.74) is 0. The Hall–Kier alpha value is -0.120. The van der Waals surface area contributed by atoms with Crippen LogP contribution in [0, 0.1) is 0 Å². The monoisotopic (exact) mass is 267 g/mol. The minimum absolute atomic E-state index is 0.764. The fourth-order valence-corrected chi connectivity index (χ4v) is 3.74. The van der Waals surface area contributed by atoms with Crippen LogP contribution in [-0.4, -0.2) is 61.2 Å². The summed E-state index contributed by atoms with van der Waals surface area (Å²) in [6, 6.07) is 1.61. The highest BCUT2D eigenvalue weighted by atomic mass is 15.3. The van der Waals surface area contributed by atoms with Gasteiger partial charge in [0.2, 0.25) is 0 Å². The van der Waals surface area contributed by atoms with E-state index >= 15 is 0 Å². The Morgan fingerprint density at radius 3 is 2.58 bits per heavy atom. The van der Waals surface area contributed by atoms with Crippen LogP contribution in [0.2, 0.25) is 0 Å². The lowest BCUT2D eigenvalue weighted by molar-refractivity contribution is 0.148. The zero-order valence-electron chi connectivity index (χ0n) is 13.0. The van der Waals surface area contributed by atoms with E-state index < -0.39 is 0 Å². The van der Waals surface area contributed by atoms with Gasteiger partial charge in [-0.15, -0.1) is 0 Å². The van der Waals surface area contributed by atoms with E-state index in [-0.39, 0.29) is 0 Å². The third-order valence-electron chi connectivity index (χ3n) is 4.87. The van der Waals surface area contributed by atoms with Crippen molar-refractivity contribution in [3.05, 3.63) is 0 Å². The molecule has 2 saturated heterocycles. The maximum absolute atomic E-state index is 3.55. The molecule has 2 aliphatic rings. The van der Waals surface area contributed by atoms with Crippen molar-refractivity contribution < 1.29 is 0 Å². The number of hydrogen-bond donors (Lipinski definition) is 1. The first-order valence-corrected chi connectivity index (χ1v) is 8.54. The van der Waals surface area contributed by atoms with Crippen molar-refractivity contribution in [2.75, 3.05) is 39.3 Å². The van der Waals surface area contributed by atoms with Crippen LogP contribution in [0.5, 0.6) is 0 Å². The van der Waals surface area contributed by atoms with Gasteiger partial charge in [-0.2, -0.15) is 0 Å². The van der Waals surface area contributed by atoms with E-state index in [4.69, 9.17) is 0 Å². The summed E-state index contributed by atoms with van der Waals surface area (Å²) in [6.45, 7) is 12.1. The molecule has 3 nitrogen and oxygen atoms in total. The molecule has 0 amide bonds. The fourth-order valence-electron chi connectivity index (χ4n) is 3.74. The average molecular weight is 267 g/mol. The van der Waals surface area contributed by atoms with Crippen molar-refractivity contribution in [3.63, 3.8) is 0 Å². The molecule has 3 heteroatoms. The van der Waals surface area contributed by atoms with Gasteiger partial charge >= 0.3 is 0 Å². The van der Waals surface area contributed by atoms with Gasteiger partial charge in [0.15, 0.2) is 0 Å². The van der Waals surface area contributed by atoms with Crippen LogP contribution in [0.15, 0.2) is 0 Å². The molecular formula is C16H33N3. The zero-order chi connectivity index (χ0) is 13.5. The quantitative estimate of drug-likeness (QED) is 0.764. The lowest BCUT2D eigenvalue weighted by atomic mass is 10.1. The molecule has 112 valence electrons. The minimum atomic E-state index is 0.764. The molecule has 0 aliphatic carbocycles. The van der Waals surface area contributed by atoms with Crippen LogP contribution < -0.4 is 5.32 Å². The molecule has 0 radical (unpaired) electrons. The van der Waals surface area contributed by atoms with Crippen LogP contribution >= 0.6 is 0 Å². The van der Waals surface area contributed by atoms with E-state index in [9.17, 15) is 0 Å². The molecule has 1 N–H and O–H groups in total. The molecule has 0 bridgehead atoms. The Morgan fingerprint density at radius 1 is 1.11 bits per heavy atom. The lowest BCUT2D eigenvalue weighted by Gasteiger charge is -2.33. The predicted octanol–water partition coefficient (Wildman–Crippen LogP) is 2.32. The second-order valence-electron chi connectivity index (χ2n) is 6.28. The highest BCUT2D eigenvalue weighted by molar-refractivity contribution is 4.88. The maximum Gasteiger partial charge on any atom is 0.0235 e. The predicted molar refractivity (Wildman–Crippen MR) is 82.6 cm³/mol. The standard InChI is InChI=1S/C16H33N3/c1-3-8-15(13-17-4-2)19-12-9-16(14-19)18-10-6-5-7-11-18/h15-17H,3-14H2,1-2H3. The van der Waals surface area contributed by atoms with Crippen molar-refractivity contribution in [1.82, 2.24) is 15.1 Å². The smallest absolute Gasteiger partial charge is 0.0235 e. The maximum atomic E-state index is 3.55. The van der Waals surface area contributed by atoms with E-state index in [0.29, 0.717) is 0 Å². The highest BCUT2D eigenvalue weighted by Gasteiger charge is 2.31. The summed E-state index contributed by atoms with van der Waals surface area (Å²) < 4.78 is 0. The normalized spacial score (nSPS) is 27.8. The first kappa shape index (κ1) is 15.3. The summed E-state index contributed by atoms with van der Waals surface area (Å²) in [5, 5.41) is 3.55. The van der Waals surface area contributed by atoms with Crippen molar-refractivity contribution in [1.29, 1.82) is 0 Å². The summed E-state index contributed by atoms with van der Waals surface area (Å²) in [5.74, 6) is 0. The second-order valence-corrected chi connectivity index (χ2v) is 6.28. The second kappa shape index (κ2) is 8.23. The molecule has 2 fully saturated rings. The Kier molecular flexibility index (Phi) is 6.62. The van der Waals surface area contributed by atoms with Crippen molar-refractivity contribution in [2.24, 2.45) is 0 Å². The third-order valence-corrected chi connectivity index (χ3v) is 4.87. The number of likely N-dealkylation sites (tertiary alicyclic amines) is 2. The van der Waals surface area contributed by atoms with Gasteiger partial charge in [0.05, 0.1) is 0 Å². The lowest BCUT2D eigenvalue weighted by Crippen LogP contribution is -2.45. The molecule has 19 heavy (non-hydrogen) atoms. The minimum Gasteiger partial charge on any atom is -0.315 e. The van der Waals surface area contributed by atoms with Crippen molar-refractivity contribution >= 4 is 0 Å². The number of nitrogens with one attached hydrogen (secondary N) is 1. The van der Waals surface area contributed by atoms with Crippen LogP contribution in [-0.2, 0) is 0 Å². The first-order chi connectivity index (χ1) is 9.35. The SMILES string of the molecule is CCCC(CNCC)N1CCC(N2CCCCC2)C1. The van der Waals surface area contributed by atoms with Crippen LogP contribution in [0.3, 0.4) is 0 Å². The molecule has 2 aliphatic heterocycles. The van der Waals surface area contributed by atoms with Gasteiger partial charge < -0.3 is 5.32 Å². The highest BCUT2D eigenvalue weighted by Crippen LogP contribution is 2.22. The molecule has 2 rings (SSSR count). The molecule has 2 unspecified atom stereocenters. The van der Waals surface area contributed by atoms with Crippen LogP contribution in [0.25, 0.3) is 0 Å². The van der Waals surface area contributed by atoms with Gasteiger partial charge in [-0.1, -0.05) is 26.7 Å². The van der Waals surface area contributed by atoms with Crippen molar-refractivity contribution in [2.45, 2.75) is 64.5 Å². The zero-order valence-corrected chi connectivity index (χ0v) is 13.0. The number of likely N-dealkylation sites (N-methyl/N-ethyl adjacent to an activating group) is 1. The fraction of sp³-hybridized carbons (Fsp3) is 1.00. The summed E-state index contributed by atoms with van der Waals surface area (Å²) in [6.07, 6.45) is 8.34. The number of rotatable bonds is 7. The van der Waals surface area contributed by atoms with Crippen molar-refractivity contribution in [3.8, 4) is 0 Å². The molecule has 0 aromatic heterocycles. The molecule has 2 heterocycles. The Bertz CT molecular complexity index is 238. The largest absolute Gasteiger partial charge is 0.315 e. The third kappa shape index (κ3) is 4.44. The first-order valence-electron chi connectivity index (χ1n) is 8.54. The number of hydrogen-bond acceptors (Lipinski definition) is 3. The van der Waals surface area contributed by atoms with Gasteiger partial charge in [0, 0.05) is 31.7 Å². The Balaban J connectivity index is 1.80. The van der Waals surface area contributed by atoms with Crippen LogP contribution in [0.4, 0.5) is 0 Å². The van der Waals surface area contributed by atoms with Gasteiger partial charge in [-0.3, -0.25) is 9.80 Å². The Morgan fingerprint density at radius 2 is 1.89 bits per heavy atom. The topological polar surface area (TPSA) is 18.5 Å². The summed E-state index contributed by atoms with van der Waals surface area (Å²) >= 11 is 0. The van der Waals surface area contributed by atoms with Gasteiger partial charge in [0.1, 0.15) is 0 Å². The van der Waals surface area contributed by atoms with Gasteiger partial charge in [-0.05, 0) is 45.3 Å². The average Bonchev–Trinajstić information content (AvgIpc) is 2.94. The van der Waals surface area contributed by atoms with Gasteiger partial charge in [-0.25, -0.2) is 0 Å². The molecule has 0 saturated carbocycles. The summed E-state index contributed by atoms with van der Waals surface area (Å²) in [4.78, 5) is 5.52. The van der Waals surface area contributed by atoms with E-state index in [1.54, 1.807) is 0 Å². The summed E-state index contributed by atoms with van der Waals surface area (Å²) in [7, 11) is 0. The number of piperidine rings is 1. The molecule has 0 aromatic rings. The van der Waals surface area contributed by atoms with E-state index in [1.807, 2.05) is 0 Å². The van der Waals surface area contributed by atoms with Crippen LogP contribution in [0.1, 0.15) is 52.4 Å². The van der Waals surface area contributed by atoms with E-state index in [1.165, 1.54) is 71.2 Å². The molecule has 2 atom stereocenters. The van der Waals surface area contributed by atoms with E-state index in [0.717, 1.165) is 18.6 Å². The van der Waals surface area contributed by atoms with E-state index in [2.05, 4.69) is 29.0 Å².